The van der Waals surface area contributed by atoms with Crippen LogP contribution in [-0.4, -0.2) is 23.4 Å². The smallest absolute Gasteiger partial charge is 0.219 e. The molecule has 2 aromatic carbocycles. The second-order valence-electron chi connectivity index (χ2n) is 6.04. The van der Waals surface area contributed by atoms with Gasteiger partial charge in [-0.15, -0.1) is 0 Å². The summed E-state index contributed by atoms with van der Waals surface area (Å²) in [7, 11) is -3.64. The molecule has 0 aliphatic rings. The predicted octanol–water partition coefficient (Wildman–Crippen LogP) is 3.35. The molecule has 4 aromatic rings. The van der Waals surface area contributed by atoms with Gasteiger partial charge in [-0.3, -0.25) is 0 Å². The Morgan fingerprint density at radius 1 is 0.962 bits per heavy atom. The van der Waals surface area contributed by atoms with E-state index in [9.17, 15) is 8.42 Å². The van der Waals surface area contributed by atoms with E-state index < -0.39 is 9.84 Å². The van der Waals surface area contributed by atoms with Gasteiger partial charge in [0.05, 0.1) is 9.79 Å². The highest BCUT2D eigenvalue weighted by atomic mass is 32.2. The lowest BCUT2D eigenvalue weighted by Crippen LogP contribution is -2.03. The summed E-state index contributed by atoms with van der Waals surface area (Å²) in [5, 5.41) is 0.852. The summed E-state index contributed by atoms with van der Waals surface area (Å²) in [5.74, 6) is 0.176. The van der Waals surface area contributed by atoms with Crippen molar-refractivity contribution in [3.8, 4) is 11.1 Å². The fourth-order valence-corrected chi connectivity index (χ4v) is 4.21. The zero-order valence-corrected chi connectivity index (χ0v) is 14.8. The second-order valence-corrected chi connectivity index (χ2v) is 7.99. The third-order valence-corrected chi connectivity index (χ3v) is 6.09. The minimum absolute atomic E-state index is 0.176. The Bertz CT molecular complexity index is 1210. The van der Waals surface area contributed by atoms with Crippen LogP contribution in [0.2, 0.25) is 0 Å². The molecular formula is C19H16N4O2S. The molecule has 130 valence electrons. The summed E-state index contributed by atoms with van der Waals surface area (Å²) >= 11 is 0. The van der Waals surface area contributed by atoms with Crippen molar-refractivity contribution in [3.05, 3.63) is 66.6 Å². The molecule has 6 nitrogen and oxygen atoms in total. The lowest BCUT2D eigenvalue weighted by Gasteiger charge is -2.10. The summed E-state index contributed by atoms with van der Waals surface area (Å²) in [6.07, 6.45) is 4.96. The zero-order chi connectivity index (χ0) is 18.3. The van der Waals surface area contributed by atoms with Crippen LogP contribution >= 0.6 is 0 Å². The summed E-state index contributed by atoms with van der Waals surface area (Å²) in [6.45, 7) is 1.91. The molecular weight excluding hydrogens is 348 g/mol. The molecule has 2 aromatic heterocycles. The molecule has 0 aliphatic heterocycles. The lowest BCUT2D eigenvalue weighted by atomic mass is 10.0. The summed E-state index contributed by atoms with van der Waals surface area (Å²) in [6, 6.07) is 12.0. The second kappa shape index (κ2) is 5.96. The third-order valence-electron chi connectivity index (χ3n) is 4.34. The van der Waals surface area contributed by atoms with E-state index in [-0.39, 0.29) is 15.7 Å². The van der Waals surface area contributed by atoms with Gasteiger partial charge in [0.15, 0.2) is 0 Å². The van der Waals surface area contributed by atoms with Crippen LogP contribution in [0.1, 0.15) is 5.56 Å². The largest absolute Gasteiger partial charge is 0.368 e. The van der Waals surface area contributed by atoms with Gasteiger partial charge >= 0.3 is 0 Å². The maximum absolute atomic E-state index is 13.1. The van der Waals surface area contributed by atoms with Crippen LogP contribution in [0.4, 0.5) is 5.95 Å². The number of sulfone groups is 1. The maximum atomic E-state index is 13.1. The molecule has 4 rings (SSSR count). The Morgan fingerprint density at radius 3 is 2.42 bits per heavy atom. The lowest BCUT2D eigenvalue weighted by molar-refractivity contribution is 0.596. The number of hydrogen-bond acceptors (Lipinski definition) is 5. The van der Waals surface area contributed by atoms with Gasteiger partial charge < -0.3 is 10.7 Å². The number of hydrogen-bond donors (Lipinski definition) is 2. The monoisotopic (exact) mass is 364 g/mol. The highest BCUT2D eigenvalue weighted by Crippen LogP contribution is 2.29. The fraction of sp³-hybridized carbons (Fsp3) is 0.0526. The van der Waals surface area contributed by atoms with Gasteiger partial charge in [-0.2, -0.15) is 0 Å². The van der Waals surface area contributed by atoms with Gasteiger partial charge in [-0.25, -0.2) is 18.4 Å². The zero-order valence-electron chi connectivity index (χ0n) is 14.0. The Hall–Kier alpha value is -3.19. The van der Waals surface area contributed by atoms with E-state index in [2.05, 4.69) is 15.0 Å². The standard InChI is InChI=1S/C19H16N4O2S/c1-12-2-3-16(9-17(12)14-10-22-19(20)23-11-14)26(24,25)15-4-5-18-13(8-15)6-7-21-18/h2-11,21H,1H3,(H2,20,22,23). The maximum Gasteiger partial charge on any atom is 0.219 e. The van der Waals surface area contributed by atoms with E-state index >= 15 is 0 Å². The van der Waals surface area contributed by atoms with Gasteiger partial charge in [0.2, 0.25) is 15.8 Å². The molecule has 0 saturated carbocycles. The fourth-order valence-electron chi connectivity index (χ4n) is 2.89. The Morgan fingerprint density at radius 2 is 1.65 bits per heavy atom. The first-order valence-corrected chi connectivity index (χ1v) is 9.44. The minimum atomic E-state index is -3.64. The predicted molar refractivity (Wildman–Crippen MR) is 100 cm³/mol. The molecule has 7 heteroatoms. The van der Waals surface area contributed by atoms with Crippen molar-refractivity contribution < 1.29 is 8.42 Å². The van der Waals surface area contributed by atoms with Crippen molar-refractivity contribution in [1.29, 1.82) is 0 Å². The SMILES string of the molecule is Cc1ccc(S(=O)(=O)c2ccc3[nH]ccc3c2)cc1-c1cnc(N)nc1. The number of aromatic amines is 1. The molecule has 0 spiro atoms. The first-order valence-electron chi connectivity index (χ1n) is 7.96. The number of benzene rings is 2. The average molecular weight is 364 g/mol. The Balaban J connectivity index is 1.84. The van der Waals surface area contributed by atoms with Crippen LogP contribution in [0, 0.1) is 6.92 Å². The van der Waals surface area contributed by atoms with E-state index in [1.807, 2.05) is 13.0 Å². The van der Waals surface area contributed by atoms with Crippen molar-refractivity contribution >= 4 is 26.7 Å². The van der Waals surface area contributed by atoms with Crippen LogP contribution in [0.5, 0.6) is 0 Å². The van der Waals surface area contributed by atoms with Gasteiger partial charge in [0, 0.05) is 35.1 Å². The molecule has 0 bridgehead atoms. The topological polar surface area (TPSA) is 102 Å². The molecule has 0 aliphatic carbocycles. The minimum Gasteiger partial charge on any atom is -0.368 e. The van der Waals surface area contributed by atoms with Crippen molar-refractivity contribution in [1.82, 2.24) is 15.0 Å². The van der Waals surface area contributed by atoms with E-state index in [1.165, 1.54) is 0 Å². The van der Waals surface area contributed by atoms with Crippen molar-refractivity contribution in [2.24, 2.45) is 0 Å². The van der Waals surface area contributed by atoms with Crippen LogP contribution in [0.3, 0.4) is 0 Å². The normalized spacial score (nSPS) is 11.7. The van der Waals surface area contributed by atoms with Crippen molar-refractivity contribution in [3.63, 3.8) is 0 Å². The highest BCUT2D eigenvalue weighted by molar-refractivity contribution is 7.91. The number of H-pyrrole nitrogens is 1. The molecule has 0 atom stereocenters. The first kappa shape index (κ1) is 16.3. The van der Waals surface area contributed by atoms with E-state index in [4.69, 9.17) is 5.73 Å². The van der Waals surface area contributed by atoms with E-state index in [0.717, 1.165) is 27.6 Å². The quantitative estimate of drug-likeness (QED) is 0.580. The van der Waals surface area contributed by atoms with Gasteiger partial charge in [0.25, 0.3) is 0 Å². The number of aromatic nitrogens is 3. The van der Waals surface area contributed by atoms with Crippen molar-refractivity contribution in [2.75, 3.05) is 5.73 Å². The van der Waals surface area contributed by atoms with Crippen LogP contribution in [0.25, 0.3) is 22.0 Å². The van der Waals surface area contributed by atoms with E-state index in [0.29, 0.717) is 0 Å². The number of nitrogens with two attached hydrogens (primary N) is 1. The third kappa shape index (κ3) is 2.72. The average Bonchev–Trinajstić information content (AvgIpc) is 3.10. The first-order chi connectivity index (χ1) is 12.4. The van der Waals surface area contributed by atoms with Crippen LogP contribution in [0.15, 0.2) is 70.8 Å². The number of nitrogens with zero attached hydrogens (tertiary/aromatic N) is 2. The van der Waals surface area contributed by atoms with Crippen LogP contribution in [-0.2, 0) is 9.84 Å². The van der Waals surface area contributed by atoms with E-state index in [1.54, 1.807) is 55.0 Å². The number of nitrogen functional groups attached to an aromatic ring is 1. The molecule has 2 heterocycles. The number of aryl methyl sites for hydroxylation is 1. The molecule has 0 saturated heterocycles. The molecule has 0 fully saturated rings. The number of rotatable bonds is 3. The van der Waals surface area contributed by atoms with Gasteiger partial charge in [0.1, 0.15) is 0 Å². The number of nitrogens with one attached hydrogen (secondary N) is 1. The summed E-state index contributed by atoms with van der Waals surface area (Å²) in [5.41, 5.74) is 8.83. The molecule has 0 radical (unpaired) electrons. The molecule has 0 amide bonds. The number of anilines is 1. The molecule has 3 N–H and O–H groups in total. The molecule has 0 unspecified atom stereocenters. The van der Waals surface area contributed by atoms with Crippen molar-refractivity contribution in [2.45, 2.75) is 16.7 Å². The number of fused-ring (bicyclic) bond motifs is 1. The van der Waals surface area contributed by atoms with Gasteiger partial charge in [-0.05, 0) is 54.4 Å². The highest BCUT2D eigenvalue weighted by Gasteiger charge is 2.19. The summed E-state index contributed by atoms with van der Waals surface area (Å²) < 4.78 is 26.2. The van der Waals surface area contributed by atoms with Crippen LogP contribution < -0.4 is 5.73 Å². The van der Waals surface area contributed by atoms with Gasteiger partial charge in [-0.1, -0.05) is 6.07 Å². The summed E-state index contributed by atoms with van der Waals surface area (Å²) in [4.78, 5) is 11.5. The Kier molecular flexibility index (Phi) is 3.73. The molecule has 26 heavy (non-hydrogen) atoms. The Labute approximate surface area is 150 Å².